The van der Waals surface area contributed by atoms with E-state index < -0.39 is 0 Å². The Balaban J connectivity index is 0.00000300. The van der Waals surface area contributed by atoms with Crippen molar-refractivity contribution < 1.29 is 14.3 Å². The van der Waals surface area contributed by atoms with Gasteiger partial charge in [0.05, 0.1) is 13.7 Å². The second kappa shape index (κ2) is 10.5. The zero-order valence-electron chi connectivity index (χ0n) is 17.3. The number of nitrogens with zero attached hydrogens (tertiary/aromatic N) is 1. The minimum Gasteiger partial charge on any atom is -0.493 e. The molecule has 1 fully saturated rings. The molecule has 5 nitrogen and oxygen atoms in total. The largest absolute Gasteiger partial charge is 0.493 e. The minimum atomic E-state index is 0. The van der Waals surface area contributed by atoms with Crippen molar-refractivity contribution in [1.82, 2.24) is 4.90 Å². The first-order valence-corrected chi connectivity index (χ1v) is 9.88. The summed E-state index contributed by atoms with van der Waals surface area (Å²) in [7, 11) is 1.59. The highest BCUT2D eigenvalue weighted by Gasteiger charge is 2.35. The summed E-state index contributed by atoms with van der Waals surface area (Å²) in [5.74, 6) is 2.20. The number of likely N-dealkylation sites (tertiary alicyclic amines) is 1. The van der Waals surface area contributed by atoms with Crippen LogP contribution in [0.2, 0.25) is 0 Å². The second-order valence-corrected chi connectivity index (χ2v) is 7.79. The minimum absolute atomic E-state index is 0. The number of hydrogen-bond acceptors (Lipinski definition) is 4. The maximum Gasteiger partial charge on any atom is 0.254 e. The molecule has 0 unspecified atom stereocenters. The average Bonchev–Trinajstić information content (AvgIpc) is 3.16. The van der Waals surface area contributed by atoms with E-state index >= 15 is 0 Å². The van der Waals surface area contributed by atoms with Gasteiger partial charge in [-0.05, 0) is 42.1 Å². The Bertz CT molecular complexity index is 798. The van der Waals surface area contributed by atoms with Crippen LogP contribution in [0, 0.1) is 11.8 Å². The Labute approximate surface area is 179 Å². The molecule has 158 valence electrons. The van der Waals surface area contributed by atoms with Gasteiger partial charge in [-0.3, -0.25) is 4.79 Å². The SMILES string of the molecule is COc1cc(C(=O)N2C[C@@H](CN)[C@H](c3ccccc3)C2)ccc1OCC(C)C.Cl. The number of ether oxygens (including phenoxy) is 2. The quantitative estimate of drug-likeness (QED) is 0.738. The first-order valence-electron chi connectivity index (χ1n) is 9.88. The summed E-state index contributed by atoms with van der Waals surface area (Å²) < 4.78 is 11.2. The molecule has 29 heavy (non-hydrogen) atoms. The molecular weight excluding hydrogens is 388 g/mol. The van der Waals surface area contributed by atoms with Gasteiger partial charge in [0.1, 0.15) is 0 Å². The van der Waals surface area contributed by atoms with Crippen LogP contribution in [0.3, 0.4) is 0 Å². The molecule has 0 bridgehead atoms. The van der Waals surface area contributed by atoms with Crippen molar-refractivity contribution in [3.8, 4) is 11.5 Å². The topological polar surface area (TPSA) is 64.8 Å². The monoisotopic (exact) mass is 418 g/mol. The van der Waals surface area contributed by atoms with Crippen molar-refractivity contribution >= 4 is 18.3 Å². The number of rotatable bonds is 7. The van der Waals surface area contributed by atoms with E-state index in [0.29, 0.717) is 49.2 Å². The van der Waals surface area contributed by atoms with Crippen molar-refractivity contribution in [1.29, 1.82) is 0 Å². The molecule has 6 heteroatoms. The normalized spacial score (nSPS) is 18.4. The standard InChI is InChI=1S/C23H30N2O3.ClH/c1-16(2)15-28-21-10-9-18(11-22(21)27-3)23(26)25-13-19(12-24)20(14-25)17-7-5-4-6-8-17;/h4-11,16,19-20H,12-15,24H2,1-3H3;1H/t19-,20+;/m1./s1. The molecular formula is C23H31ClN2O3. The molecule has 0 aliphatic carbocycles. The van der Waals surface area contributed by atoms with Gasteiger partial charge >= 0.3 is 0 Å². The molecule has 2 aromatic rings. The highest BCUT2D eigenvalue weighted by atomic mass is 35.5. The van der Waals surface area contributed by atoms with Gasteiger partial charge in [0.2, 0.25) is 0 Å². The number of hydrogen-bond donors (Lipinski definition) is 1. The Morgan fingerprint density at radius 2 is 1.86 bits per heavy atom. The van der Waals surface area contributed by atoms with Crippen LogP contribution < -0.4 is 15.2 Å². The van der Waals surface area contributed by atoms with Gasteiger partial charge in [-0.15, -0.1) is 12.4 Å². The number of amides is 1. The van der Waals surface area contributed by atoms with Crippen LogP contribution >= 0.6 is 12.4 Å². The fraction of sp³-hybridized carbons (Fsp3) is 0.435. The third-order valence-electron chi connectivity index (χ3n) is 5.24. The van der Waals surface area contributed by atoms with Crippen molar-refractivity contribution in [2.45, 2.75) is 19.8 Å². The van der Waals surface area contributed by atoms with E-state index in [0.717, 1.165) is 0 Å². The van der Waals surface area contributed by atoms with E-state index in [4.69, 9.17) is 15.2 Å². The molecule has 1 saturated heterocycles. The lowest BCUT2D eigenvalue weighted by molar-refractivity contribution is 0.0786. The summed E-state index contributed by atoms with van der Waals surface area (Å²) in [5.41, 5.74) is 7.86. The van der Waals surface area contributed by atoms with Gasteiger partial charge in [-0.2, -0.15) is 0 Å². The Morgan fingerprint density at radius 3 is 2.48 bits per heavy atom. The van der Waals surface area contributed by atoms with Crippen LogP contribution in [0.15, 0.2) is 48.5 Å². The van der Waals surface area contributed by atoms with E-state index in [-0.39, 0.29) is 30.2 Å². The van der Waals surface area contributed by atoms with Crippen LogP contribution in [0.1, 0.15) is 35.7 Å². The molecule has 2 N–H and O–H groups in total. The first kappa shape index (κ1) is 23.0. The molecule has 2 aromatic carbocycles. The van der Waals surface area contributed by atoms with Gasteiger partial charge in [0, 0.05) is 24.6 Å². The summed E-state index contributed by atoms with van der Waals surface area (Å²) >= 11 is 0. The lowest BCUT2D eigenvalue weighted by atomic mass is 9.89. The van der Waals surface area contributed by atoms with Gasteiger partial charge in [0.15, 0.2) is 11.5 Å². The van der Waals surface area contributed by atoms with E-state index in [1.807, 2.05) is 35.2 Å². The van der Waals surface area contributed by atoms with Crippen LogP contribution in [-0.2, 0) is 0 Å². The number of methoxy groups -OCH3 is 1. The van der Waals surface area contributed by atoms with Crippen molar-refractivity contribution in [3.63, 3.8) is 0 Å². The zero-order valence-corrected chi connectivity index (χ0v) is 18.2. The fourth-order valence-electron chi connectivity index (χ4n) is 3.71. The highest BCUT2D eigenvalue weighted by Crippen LogP contribution is 2.34. The Morgan fingerprint density at radius 1 is 1.14 bits per heavy atom. The third kappa shape index (κ3) is 5.43. The molecule has 0 spiro atoms. The molecule has 0 radical (unpaired) electrons. The molecule has 3 rings (SSSR count). The summed E-state index contributed by atoms with van der Waals surface area (Å²) in [6, 6.07) is 15.7. The molecule has 1 aliphatic rings. The average molecular weight is 419 g/mol. The third-order valence-corrected chi connectivity index (χ3v) is 5.24. The fourth-order valence-corrected chi connectivity index (χ4v) is 3.71. The molecule has 0 saturated carbocycles. The van der Waals surface area contributed by atoms with Gasteiger partial charge < -0.3 is 20.1 Å². The lowest BCUT2D eigenvalue weighted by Crippen LogP contribution is -2.29. The predicted octanol–water partition coefficient (Wildman–Crippen LogP) is 3.97. The highest BCUT2D eigenvalue weighted by molar-refractivity contribution is 5.95. The van der Waals surface area contributed by atoms with Crippen molar-refractivity contribution in [2.24, 2.45) is 17.6 Å². The van der Waals surface area contributed by atoms with E-state index in [2.05, 4.69) is 26.0 Å². The number of carbonyl (C=O) groups is 1. The molecule has 1 amide bonds. The lowest BCUT2D eigenvalue weighted by Gasteiger charge is -2.18. The van der Waals surface area contributed by atoms with Crippen LogP contribution in [0.4, 0.5) is 0 Å². The molecule has 2 atom stereocenters. The molecule has 1 aliphatic heterocycles. The van der Waals surface area contributed by atoms with Crippen LogP contribution in [0.25, 0.3) is 0 Å². The maximum absolute atomic E-state index is 13.1. The smallest absolute Gasteiger partial charge is 0.254 e. The predicted molar refractivity (Wildman–Crippen MR) is 118 cm³/mol. The van der Waals surface area contributed by atoms with Gasteiger partial charge in [-0.1, -0.05) is 44.2 Å². The van der Waals surface area contributed by atoms with Crippen LogP contribution in [-0.4, -0.2) is 44.2 Å². The van der Waals surface area contributed by atoms with Crippen LogP contribution in [0.5, 0.6) is 11.5 Å². The number of halogens is 1. The molecule has 1 heterocycles. The Hall–Kier alpha value is -2.24. The van der Waals surface area contributed by atoms with E-state index in [1.165, 1.54) is 5.56 Å². The summed E-state index contributed by atoms with van der Waals surface area (Å²) in [5, 5.41) is 0. The van der Waals surface area contributed by atoms with Crippen molar-refractivity contribution in [3.05, 3.63) is 59.7 Å². The summed E-state index contributed by atoms with van der Waals surface area (Å²) in [6.07, 6.45) is 0. The Kier molecular flexibility index (Phi) is 8.35. The zero-order chi connectivity index (χ0) is 20.1. The van der Waals surface area contributed by atoms with Crippen molar-refractivity contribution in [2.75, 3.05) is 33.4 Å². The number of benzene rings is 2. The second-order valence-electron chi connectivity index (χ2n) is 7.79. The number of carbonyl (C=O) groups excluding carboxylic acids is 1. The van der Waals surface area contributed by atoms with E-state index in [1.54, 1.807) is 13.2 Å². The summed E-state index contributed by atoms with van der Waals surface area (Å²) in [4.78, 5) is 15.0. The number of nitrogens with two attached hydrogens (primary N) is 1. The van der Waals surface area contributed by atoms with Gasteiger partial charge in [0.25, 0.3) is 5.91 Å². The van der Waals surface area contributed by atoms with Gasteiger partial charge in [-0.25, -0.2) is 0 Å². The van der Waals surface area contributed by atoms with E-state index in [9.17, 15) is 4.79 Å². The molecule has 0 aromatic heterocycles. The maximum atomic E-state index is 13.1. The summed E-state index contributed by atoms with van der Waals surface area (Å²) in [6.45, 7) is 6.70. The first-order chi connectivity index (χ1) is 13.5.